The van der Waals surface area contributed by atoms with E-state index in [1.54, 1.807) is 41.3 Å². The second kappa shape index (κ2) is 11.2. The normalized spacial score (nSPS) is 16.1. The average molecular weight is 520 g/mol. The number of benzene rings is 3. The van der Waals surface area contributed by atoms with Crippen LogP contribution in [-0.4, -0.2) is 30.3 Å². The number of hydrogen-bond donors (Lipinski definition) is 0. The molecular formula is C30H30ClNO5. The lowest BCUT2D eigenvalue weighted by Crippen LogP contribution is -2.30. The summed E-state index contributed by atoms with van der Waals surface area (Å²) in [6, 6.07) is 19.8. The highest BCUT2D eigenvalue weighted by Crippen LogP contribution is 2.33. The molecule has 0 radical (unpaired) electrons. The number of aryl methyl sites for hydroxylation is 1. The molecule has 1 saturated heterocycles. The van der Waals surface area contributed by atoms with Gasteiger partial charge in [0.05, 0.1) is 5.92 Å². The third kappa shape index (κ3) is 6.20. The first-order valence-corrected chi connectivity index (χ1v) is 12.7. The third-order valence-electron chi connectivity index (χ3n) is 6.42. The minimum atomic E-state index is -0.966. The van der Waals surface area contributed by atoms with Crippen molar-refractivity contribution in [3.63, 3.8) is 0 Å². The number of esters is 1. The maximum Gasteiger partial charge on any atom is 0.312 e. The molecule has 3 aromatic rings. The van der Waals surface area contributed by atoms with Crippen LogP contribution in [0.1, 0.15) is 54.6 Å². The van der Waals surface area contributed by atoms with Crippen LogP contribution < -0.4 is 9.64 Å². The average Bonchev–Trinajstić information content (AvgIpc) is 3.26. The fourth-order valence-electron chi connectivity index (χ4n) is 4.32. The molecule has 7 heteroatoms. The largest absolute Gasteiger partial charge is 0.457 e. The summed E-state index contributed by atoms with van der Waals surface area (Å²) in [7, 11) is 0. The highest BCUT2D eigenvalue weighted by Gasteiger charge is 2.37. The SMILES string of the molecule is Cc1ccc(C(C)C)c(Oc2ccc(N3C[C@@H](C(=O)O[C@H](C)C(=O)c4ccc(Cl)cc4)CC3=O)cc2)c1. The van der Waals surface area contributed by atoms with Crippen molar-refractivity contribution in [2.75, 3.05) is 11.4 Å². The molecule has 1 aliphatic heterocycles. The number of rotatable bonds is 8. The molecule has 2 atom stereocenters. The van der Waals surface area contributed by atoms with E-state index in [-0.39, 0.29) is 24.7 Å². The van der Waals surface area contributed by atoms with Crippen LogP contribution in [0.5, 0.6) is 11.5 Å². The number of hydrogen-bond acceptors (Lipinski definition) is 5. The Bertz CT molecular complexity index is 1300. The number of anilines is 1. The van der Waals surface area contributed by atoms with Crippen LogP contribution in [0.15, 0.2) is 66.7 Å². The van der Waals surface area contributed by atoms with Crippen molar-refractivity contribution in [3.8, 4) is 11.5 Å². The van der Waals surface area contributed by atoms with E-state index >= 15 is 0 Å². The molecule has 0 spiro atoms. The minimum absolute atomic E-state index is 0.0278. The fraction of sp³-hybridized carbons (Fsp3) is 0.300. The molecule has 0 aliphatic carbocycles. The van der Waals surface area contributed by atoms with Crippen LogP contribution in [-0.2, 0) is 14.3 Å². The zero-order chi connectivity index (χ0) is 26.7. The highest BCUT2D eigenvalue weighted by molar-refractivity contribution is 6.30. The minimum Gasteiger partial charge on any atom is -0.457 e. The zero-order valence-corrected chi connectivity index (χ0v) is 22.1. The van der Waals surface area contributed by atoms with Gasteiger partial charge in [-0.1, -0.05) is 37.6 Å². The Morgan fingerprint density at radius 1 is 0.973 bits per heavy atom. The number of carbonyl (C=O) groups excluding carboxylic acids is 3. The molecule has 4 rings (SSSR count). The van der Waals surface area contributed by atoms with Gasteiger partial charge in [-0.2, -0.15) is 0 Å². The summed E-state index contributed by atoms with van der Waals surface area (Å²) in [5, 5.41) is 0.515. The Kier molecular flexibility index (Phi) is 7.98. The van der Waals surface area contributed by atoms with Crippen LogP contribution in [0.3, 0.4) is 0 Å². The lowest BCUT2D eigenvalue weighted by Gasteiger charge is -2.19. The van der Waals surface area contributed by atoms with Gasteiger partial charge in [0.1, 0.15) is 11.5 Å². The molecule has 0 saturated carbocycles. The van der Waals surface area contributed by atoms with Crippen molar-refractivity contribution in [3.05, 3.63) is 88.4 Å². The maximum atomic E-state index is 12.7. The van der Waals surface area contributed by atoms with Gasteiger partial charge in [0, 0.05) is 29.2 Å². The molecule has 6 nitrogen and oxygen atoms in total. The third-order valence-corrected chi connectivity index (χ3v) is 6.67. The summed E-state index contributed by atoms with van der Waals surface area (Å²) >= 11 is 5.87. The van der Waals surface area contributed by atoms with Crippen molar-refractivity contribution in [1.29, 1.82) is 0 Å². The van der Waals surface area contributed by atoms with Crippen molar-refractivity contribution in [2.24, 2.45) is 5.92 Å². The molecule has 0 N–H and O–H groups in total. The molecule has 3 aromatic carbocycles. The molecule has 37 heavy (non-hydrogen) atoms. The van der Waals surface area contributed by atoms with Gasteiger partial charge in [0.15, 0.2) is 6.10 Å². The first-order valence-electron chi connectivity index (χ1n) is 12.3. The number of Topliss-reactive ketones (excluding diaryl/α,β-unsaturated/α-hetero) is 1. The molecule has 0 bridgehead atoms. The number of ether oxygens (including phenoxy) is 2. The summed E-state index contributed by atoms with van der Waals surface area (Å²) in [6.45, 7) is 7.98. The summed E-state index contributed by atoms with van der Waals surface area (Å²) in [4.78, 5) is 39.6. The van der Waals surface area contributed by atoms with E-state index in [1.165, 1.54) is 6.92 Å². The predicted octanol–water partition coefficient (Wildman–Crippen LogP) is 6.73. The van der Waals surface area contributed by atoms with Gasteiger partial charge in [-0.3, -0.25) is 14.4 Å². The second-order valence-electron chi connectivity index (χ2n) is 9.65. The van der Waals surface area contributed by atoms with E-state index in [2.05, 4.69) is 26.0 Å². The Morgan fingerprint density at radius 2 is 1.65 bits per heavy atom. The standard InChI is InChI=1S/C30H30ClNO5/c1-18(2)26-14-5-19(3)15-27(26)37-25-12-10-24(11-13-25)32-17-22(16-28(32)33)30(35)36-20(4)29(34)21-6-8-23(31)9-7-21/h5-15,18,20,22H,16-17H2,1-4H3/t20-,22+/m1/s1. The van der Waals surface area contributed by atoms with Crippen molar-refractivity contribution < 1.29 is 23.9 Å². The van der Waals surface area contributed by atoms with Gasteiger partial charge in [0.2, 0.25) is 11.7 Å². The zero-order valence-electron chi connectivity index (χ0n) is 21.4. The smallest absolute Gasteiger partial charge is 0.312 e. The molecule has 1 aliphatic rings. The van der Waals surface area contributed by atoms with Gasteiger partial charge in [-0.15, -0.1) is 0 Å². The van der Waals surface area contributed by atoms with Crippen LogP contribution >= 0.6 is 11.6 Å². The molecular weight excluding hydrogens is 490 g/mol. The van der Waals surface area contributed by atoms with Gasteiger partial charge < -0.3 is 14.4 Å². The number of halogens is 1. The maximum absolute atomic E-state index is 12.7. The molecule has 0 unspecified atom stereocenters. The summed E-state index contributed by atoms with van der Waals surface area (Å²) < 4.78 is 11.6. The quantitative estimate of drug-likeness (QED) is 0.243. The second-order valence-corrected chi connectivity index (χ2v) is 10.1. The topological polar surface area (TPSA) is 72.9 Å². The lowest BCUT2D eigenvalue weighted by molar-refractivity contribution is -0.151. The van der Waals surface area contributed by atoms with Crippen LogP contribution in [0.25, 0.3) is 0 Å². The Balaban J connectivity index is 1.39. The highest BCUT2D eigenvalue weighted by atomic mass is 35.5. The van der Waals surface area contributed by atoms with E-state index in [0.717, 1.165) is 16.9 Å². The van der Waals surface area contributed by atoms with Crippen molar-refractivity contribution in [1.82, 2.24) is 0 Å². The van der Waals surface area contributed by atoms with Crippen LogP contribution in [0, 0.1) is 12.8 Å². The number of ketones is 1. The van der Waals surface area contributed by atoms with E-state index in [0.29, 0.717) is 27.9 Å². The Morgan fingerprint density at radius 3 is 2.30 bits per heavy atom. The van der Waals surface area contributed by atoms with Gasteiger partial charge in [-0.05, 0) is 85.5 Å². The Labute approximate surface area is 222 Å². The molecule has 1 heterocycles. The number of nitrogens with zero attached hydrogens (tertiary/aromatic N) is 1. The molecule has 1 amide bonds. The van der Waals surface area contributed by atoms with Gasteiger partial charge in [0.25, 0.3) is 0 Å². The van der Waals surface area contributed by atoms with E-state index in [9.17, 15) is 14.4 Å². The van der Waals surface area contributed by atoms with Crippen LogP contribution in [0.2, 0.25) is 5.02 Å². The summed E-state index contributed by atoms with van der Waals surface area (Å²) in [5.74, 6) is 0.0802. The van der Waals surface area contributed by atoms with E-state index in [4.69, 9.17) is 21.1 Å². The molecule has 1 fully saturated rings. The fourth-order valence-corrected chi connectivity index (χ4v) is 4.44. The van der Waals surface area contributed by atoms with E-state index in [1.807, 2.05) is 25.1 Å². The monoisotopic (exact) mass is 519 g/mol. The van der Waals surface area contributed by atoms with Crippen LogP contribution in [0.4, 0.5) is 5.69 Å². The first-order chi connectivity index (χ1) is 17.6. The Hall–Kier alpha value is -3.64. The summed E-state index contributed by atoms with van der Waals surface area (Å²) in [5.41, 5.74) is 3.31. The van der Waals surface area contributed by atoms with E-state index < -0.39 is 18.0 Å². The predicted molar refractivity (Wildman–Crippen MR) is 144 cm³/mol. The van der Waals surface area contributed by atoms with Crippen molar-refractivity contribution in [2.45, 2.75) is 46.1 Å². The first kappa shape index (κ1) is 26.4. The number of carbonyl (C=O) groups is 3. The summed E-state index contributed by atoms with van der Waals surface area (Å²) in [6.07, 6.45) is -0.938. The van der Waals surface area contributed by atoms with Crippen molar-refractivity contribution >= 4 is 34.9 Å². The van der Waals surface area contributed by atoms with Gasteiger partial charge >= 0.3 is 5.97 Å². The lowest BCUT2D eigenvalue weighted by atomic mass is 10.0. The number of amides is 1. The molecule has 0 aromatic heterocycles. The molecule has 192 valence electrons. The van der Waals surface area contributed by atoms with Gasteiger partial charge in [-0.25, -0.2) is 0 Å².